The number of hydrogen-bond acceptors (Lipinski definition) is 4. The molecule has 7 nitrogen and oxygen atoms in total. The summed E-state index contributed by atoms with van der Waals surface area (Å²) in [4.78, 5) is 42.5. The summed E-state index contributed by atoms with van der Waals surface area (Å²) in [6, 6.07) is 10.8. The number of aromatic nitrogens is 1. The van der Waals surface area contributed by atoms with Crippen molar-refractivity contribution in [3.63, 3.8) is 0 Å². The predicted molar refractivity (Wildman–Crippen MR) is 113 cm³/mol. The number of amides is 3. The SMILES string of the molecule is CCC(C)(C)NC(=O)CN(C(=O)CCC(=O)Nc1ccccn1)c1ccccc1F. The molecule has 3 amide bonds. The maximum Gasteiger partial charge on any atom is 0.240 e. The van der Waals surface area contributed by atoms with E-state index >= 15 is 0 Å². The summed E-state index contributed by atoms with van der Waals surface area (Å²) in [6.45, 7) is 5.32. The first-order valence-corrected chi connectivity index (χ1v) is 9.78. The van der Waals surface area contributed by atoms with Crippen molar-refractivity contribution in [2.45, 2.75) is 45.6 Å². The van der Waals surface area contributed by atoms with Crippen LogP contribution in [0.5, 0.6) is 0 Å². The number of nitrogens with zero attached hydrogens (tertiary/aromatic N) is 2. The third-order valence-electron chi connectivity index (χ3n) is 4.61. The number of halogens is 1. The van der Waals surface area contributed by atoms with E-state index in [0.717, 1.165) is 4.90 Å². The zero-order valence-electron chi connectivity index (χ0n) is 17.4. The van der Waals surface area contributed by atoms with Gasteiger partial charge < -0.3 is 15.5 Å². The molecule has 2 aromatic rings. The fourth-order valence-electron chi connectivity index (χ4n) is 2.62. The van der Waals surface area contributed by atoms with Crippen molar-refractivity contribution < 1.29 is 18.8 Å². The van der Waals surface area contributed by atoms with Crippen LogP contribution in [-0.4, -0.2) is 34.8 Å². The lowest BCUT2D eigenvalue weighted by atomic mass is 10.0. The Morgan fingerprint density at radius 1 is 1.03 bits per heavy atom. The average Bonchev–Trinajstić information content (AvgIpc) is 2.71. The lowest BCUT2D eigenvalue weighted by Gasteiger charge is -2.28. The fourth-order valence-corrected chi connectivity index (χ4v) is 2.62. The second-order valence-electron chi connectivity index (χ2n) is 7.48. The maximum absolute atomic E-state index is 14.3. The summed E-state index contributed by atoms with van der Waals surface area (Å²) in [7, 11) is 0. The van der Waals surface area contributed by atoms with Gasteiger partial charge in [-0.25, -0.2) is 9.37 Å². The van der Waals surface area contributed by atoms with Gasteiger partial charge in [-0.15, -0.1) is 0 Å². The Balaban J connectivity index is 2.08. The van der Waals surface area contributed by atoms with Gasteiger partial charge in [0.05, 0.1) is 5.69 Å². The summed E-state index contributed by atoms with van der Waals surface area (Å²) in [5, 5.41) is 5.43. The highest BCUT2D eigenvalue weighted by Gasteiger charge is 2.25. The van der Waals surface area contributed by atoms with Gasteiger partial charge in [-0.05, 0) is 44.5 Å². The minimum Gasteiger partial charge on any atom is -0.350 e. The molecule has 0 unspecified atom stereocenters. The van der Waals surface area contributed by atoms with Crippen LogP contribution in [0.2, 0.25) is 0 Å². The van der Waals surface area contributed by atoms with Crippen LogP contribution in [0.15, 0.2) is 48.7 Å². The molecule has 2 N–H and O–H groups in total. The van der Waals surface area contributed by atoms with Crippen molar-refractivity contribution in [1.82, 2.24) is 10.3 Å². The quantitative estimate of drug-likeness (QED) is 0.659. The molecule has 0 aliphatic carbocycles. The minimum atomic E-state index is -0.619. The van der Waals surface area contributed by atoms with Gasteiger partial charge in [-0.3, -0.25) is 14.4 Å². The molecule has 0 spiro atoms. The lowest BCUT2D eigenvalue weighted by molar-refractivity contribution is -0.125. The van der Waals surface area contributed by atoms with Gasteiger partial charge in [0, 0.05) is 24.6 Å². The van der Waals surface area contributed by atoms with Gasteiger partial charge in [0.25, 0.3) is 0 Å². The average molecular weight is 414 g/mol. The van der Waals surface area contributed by atoms with E-state index in [-0.39, 0.29) is 25.1 Å². The second kappa shape index (κ2) is 10.5. The Kier molecular flexibility index (Phi) is 8.03. The molecule has 1 heterocycles. The Hall–Kier alpha value is -3.29. The van der Waals surface area contributed by atoms with Crippen LogP contribution in [-0.2, 0) is 14.4 Å². The Morgan fingerprint density at radius 2 is 1.73 bits per heavy atom. The molecule has 0 aliphatic heterocycles. The van der Waals surface area contributed by atoms with Crippen molar-refractivity contribution in [3.05, 3.63) is 54.5 Å². The zero-order valence-corrected chi connectivity index (χ0v) is 17.4. The molecular formula is C22H27FN4O3. The third kappa shape index (κ3) is 6.95. The molecule has 160 valence electrons. The Labute approximate surface area is 175 Å². The van der Waals surface area contributed by atoms with Crippen LogP contribution < -0.4 is 15.5 Å². The molecule has 1 aromatic carbocycles. The topological polar surface area (TPSA) is 91.4 Å². The van der Waals surface area contributed by atoms with Crippen molar-refractivity contribution in [2.24, 2.45) is 0 Å². The van der Waals surface area contributed by atoms with Crippen molar-refractivity contribution >= 4 is 29.2 Å². The number of benzene rings is 1. The predicted octanol–water partition coefficient (Wildman–Crippen LogP) is 3.28. The standard InChI is InChI=1S/C22H27FN4O3/c1-4-22(2,3)26-20(29)15-27(17-10-6-5-9-16(17)23)21(30)13-12-19(28)25-18-11-7-8-14-24-18/h5-11,14H,4,12-13,15H2,1-3H3,(H,26,29)(H,24,25,28). The number of carbonyl (C=O) groups is 3. The van der Waals surface area contributed by atoms with E-state index in [1.165, 1.54) is 24.4 Å². The number of rotatable bonds is 9. The molecule has 0 fully saturated rings. The van der Waals surface area contributed by atoms with Gasteiger partial charge in [0.1, 0.15) is 18.2 Å². The molecule has 0 radical (unpaired) electrons. The highest BCUT2D eigenvalue weighted by molar-refractivity contribution is 6.01. The van der Waals surface area contributed by atoms with Gasteiger partial charge in [0.2, 0.25) is 17.7 Å². The first-order chi connectivity index (χ1) is 14.2. The molecule has 0 aliphatic rings. The number of hydrogen-bond donors (Lipinski definition) is 2. The first-order valence-electron chi connectivity index (χ1n) is 9.78. The van der Waals surface area contributed by atoms with E-state index in [9.17, 15) is 18.8 Å². The van der Waals surface area contributed by atoms with Crippen LogP contribution in [0.25, 0.3) is 0 Å². The first kappa shape index (κ1) is 23.0. The number of pyridine rings is 1. The minimum absolute atomic E-state index is 0.00270. The molecule has 0 atom stereocenters. The summed E-state index contributed by atoms with van der Waals surface area (Å²) in [5.74, 6) is -1.57. The van der Waals surface area contributed by atoms with Crippen LogP contribution in [0.3, 0.4) is 0 Å². The molecule has 2 rings (SSSR count). The van der Waals surface area contributed by atoms with Crippen molar-refractivity contribution in [1.29, 1.82) is 0 Å². The van der Waals surface area contributed by atoms with Gasteiger partial charge >= 0.3 is 0 Å². The Morgan fingerprint density at radius 3 is 2.37 bits per heavy atom. The largest absolute Gasteiger partial charge is 0.350 e. The van der Waals surface area contributed by atoms with E-state index in [2.05, 4.69) is 15.6 Å². The van der Waals surface area contributed by atoms with Crippen LogP contribution in [0.1, 0.15) is 40.0 Å². The summed E-state index contributed by atoms with van der Waals surface area (Å²) >= 11 is 0. The molecule has 8 heteroatoms. The van der Waals surface area contributed by atoms with Crippen LogP contribution >= 0.6 is 0 Å². The highest BCUT2D eigenvalue weighted by Crippen LogP contribution is 2.20. The smallest absolute Gasteiger partial charge is 0.240 e. The molecule has 0 saturated carbocycles. The van der Waals surface area contributed by atoms with E-state index in [1.807, 2.05) is 20.8 Å². The summed E-state index contributed by atoms with van der Waals surface area (Å²) in [5.41, 5.74) is -0.457. The van der Waals surface area contributed by atoms with E-state index in [4.69, 9.17) is 0 Å². The molecular weight excluding hydrogens is 387 g/mol. The highest BCUT2D eigenvalue weighted by atomic mass is 19.1. The molecule has 0 bridgehead atoms. The normalized spacial score (nSPS) is 10.9. The van der Waals surface area contributed by atoms with E-state index < -0.39 is 29.1 Å². The summed E-state index contributed by atoms with van der Waals surface area (Å²) < 4.78 is 14.3. The zero-order chi connectivity index (χ0) is 22.1. The van der Waals surface area contributed by atoms with E-state index in [1.54, 1.807) is 24.3 Å². The monoisotopic (exact) mass is 414 g/mol. The van der Waals surface area contributed by atoms with Gasteiger partial charge in [0.15, 0.2) is 0 Å². The number of para-hydroxylation sites is 1. The van der Waals surface area contributed by atoms with E-state index in [0.29, 0.717) is 12.2 Å². The fraction of sp³-hybridized carbons (Fsp3) is 0.364. The van der Waals surface area contributed by atoms with Gasteiger partial charge in [-0.2, -0.15) is 0 Å². The molecule has 0 saturated heterocycles. The van der Waals surface area contributed by atoms with Crippen molar-refractivity contribution in [3.8, 4) is 0 Å². The lowest BCUT2D eigenvalue weighted by Crippen LogP contribution is -2.49. The second-order valence-corrected chi connectivity index (χ2v) is 7.48. The molecule has 1 aromatic heterocycles. The number of nitrogens with one attached hydrogen (secondary N) is 2. The van der Waals surface area contributed by atoms with Crippen LogP contribution in [0, 0.1) is 5.82 Å². The maximum atomic E-state index is 14.3. The van der Waals surface area contributed by atoms with Crippen molar-refractivity contribution in [2.75, 3.05) is 16.8 Å². The van der Waals surface area contributed by atoms with Crippen LogP contribution in [0.4, 0.5) is 15.9 Å². The summed E-state index contributed by atoms with van der Waals surface area (Å²) in [6.07, 6.45) is 1.93. The number of carbonyl (C=O) groups excluding carboxylic acids is 3. The molecule has 30 heavy (non-hydrogen) atoms. The van der Waals surface area contributed by atoms with Gasteiger partial charge in [-0.1, -0.05) is 25.1 Å². The number of anilines is 2. The Bertz CT molecular complexity index is 887. The third-order valence-corrected chi connectivity index (χ3v) is 4.61.